The Bertz CT molecular complexity index is 673. The second-order valence-corrected chi connectivity index (χ2v) is 8.27. The molecule has 0 radical (unpaired) electrons. The van der Waals surface area contributed by atoms with Gasteiger partial charge < -0.3 is 19.0 Å². The predicted molar refractivity (Wildman–Crippen MR) is 91.4 cm³/mol. The van der Waals surface area contributed by atoms with E-state index in [1.54, 1.807) is 18.7 Å². The van der Waals surface area contributed by atoms with Crippen LogP contribution >= 0.6 is 0 Å². The van der Waals surface area contributed by atoms with Crippen LogP contribution in [0.25, 0.3) is 0 Å². The van der Waals surface area contributed by atoms with E-state index < -0.39 is 5.60 Å². The van der Waals surface area contributed by atoms with Gasteiger partial charge in [-0.25, -0.2) is 9.78 Å². The second kappa shape index (κ2) is 6.04. The molecule has 1 spiro atoms. The zero-order valence-corrected chi connectivity index (χ0v) is 15.7. The number of piperidine rings is 1. The molecule has 2 fully saturated rings. The van der Waals surface area contributed by atoms with E-state index in [0.717, 1.165) is 12.8 Å². The van der Waals surface area contributed by atoms with Gasteiger partial charge in [0.15, 0.2) is 11.6 Å². The number of rotatable bonds is 1. The van der Waals surface area contributed by atoms with Gasteiger partial charge in [-0.3, -0.25) is 4.79 Å². The molecule has 2 aliphatic rings. The summed E-state index contributed by atoms with van der Waals surface area (Å²) in [5, 5.41) is 0. The summed E-state index contributed by atoms with van der Waals surface area (Å²) in [4.78, 5) is 32.5. The quantitative estimate of drug-likeness (QED) is 0.779. The van der Waals surface area contributed by atoms with Crippen LogP contribution in [0.15, 0.2) is 4.42 Å². The van der Waals surface area contributed by atoms with Crippen LogP contribution in [0, 0.1) is 19.3 Å². The lowest BCUT2D eigenvalue weighted by Crippen LogP contribution is -2.62. The standard InChI is InChI=1S/C18H27N3O4/c1-12-14(19-13(2)24-12)15(22)20-8-6-18(7-9-20)10-21(11-18)16(23)25-17(3,4)5/h6-11H2,1-5H3. The Morgan fingerprint density at radius 1 is 1.12 bits per heavy atom. The van der Waals surface area contributed by atoms with E-state index in [4.69, 9.17) is 9.15 Å². The van der Waals surface area contributed by atoms with Crippen LogP contribution < -0.4 is 0 Å². The molecule has 0 aromatic carbocycles. The summed E-state index contributed by atoms with van der Waals surface area (Å²) in [6.45, 7) is 11.9. The largest absolute Gasteiger partial charge is 0.445 e. The number of aromatic nitrogens is 1. The maximum absolute atomic E-state index is 12.6. The molecular formula is C18H27N3O4. The van der Waals surface area contributed by atoms with Crippen LogP contribution in [0.5, 0.6) is 0 Å². The molecule has 7 heteroatoms. The third-order valence-corrected chi connectivity index (χ3v) is 4.92. The molecular weight excluding hydrogens is 322 g/mol. The number of aryl methyl sites for hydroxylation is 2. The number of carbonyl (C=O) groups excluding carboxylic acids is 2. The zero-order chi connectivity index (χ0) is 18.4. The van der Waals surface area contributed by atoms with E-state index in [-0.39, 0.29) is 17.4 Å². The van der Waals surface area contributed by atoms with Gasteiger partial charge in [-0.05, 0) is 40.5 Å². The van der Waals surface area contributed by atoms with Crippen LogP contribution in [0.3, 0.4) is 0 Å². The maximum Gasteiger partial charge on any atom is 0.410 e. The average molecular weight is 349 g/mol. The molecule has 2 saturated heterocycles. The van der Waals surface area contributed by atoms with Crippen molar-refractivity contribution >= 4 is 12.0 Å². The summed E-state index contributed by atoms with van der Waals surface area (Å²) >= 11 is 0. The lowest BCUT2D eigenvalue weighted by Gasteiger charge is -2.53. The Morgan fingerprint density at radius 3 is 2.20 bits per heavy atom. The lowest BCUT2D eigenvalue weighted by molar-refractivity contribution is -0.0563. The van der Waals surface area contributed by atoms with Gasteiger partial charge in [0.05, 0.1) is 0 Å². The number of oxazole rings is 1. The highest BCUT2D eigenvalue weighted by Gasteiger charge is 2.48. The van der Waals surface area contributed by atoms with Gasteiger partial charge in [-0.1, -0.05) is 0 Å². The first kappa shape index (κ1) is 17.8. The molecule has 138 valence electrons. The lowest BCUT2D eigenvalue weighted by atomic mass is 9.72. The Hall–Kier alpha value is -2.05. The molecule has 3 heterocycles. The summed E-state index contributed by atoms with van der Waals surface area (Å²) < 4.78 is 10.8. The molecule has 0 saturated carbocycles. The maximum atomic E-state index is 12.6. The van der Waals surface area contributed by atoms with Crippen molar-refractivity contribution in [2.45, 2.75) is 53.1 Å². The summed E-state index contributed by atoms with van der Waals surface area (Å²) in [7, 11) is 0. The number of hydrogen-bond donors (Lipinski definition) is 0. The molecule has 0 aliphatic carbocycles. The monoisotopic (exact) mass is 349 g/mol. The molecule has 0 atom stereocenters. The second-order valence-electron chi connectivity index (χ2n) is 8.27. The molecule has 0 N–H and O–H groups in total. The summed E-state index contributed by atoms with van der Waals surface area (Å²) in [5.41, 5.74) is 0.0727. The molecule has 1 aromatic heterocycles. The Morgan fingerprint density at radius 2 is 1.72 bits per heavy atom. The van der Waals surface area contributed by atoms with Gasteiger partial charge in [0.25, 0.3) is 5.91 Å². The van der Waals surface area contributed by atoms with Crippen molar-refractivity contribution in [3.63, 3.8) is 0 Å². The van der Waals surface area contributed by atoms with Crippen LogP contribution in [0.1, 0.15) is 55.8 Å². The number of carbonyl (C=O) groups is 2. The van der Waals surface area contributed by atoms with Crippen molar-refractivity contribution in [1.29, 1.82) is 0 Å². The van der Waals surface area contributed by atoms with Crippen LogP contribution in [-0.4, -0.2) is 58.6 Å². The van der Waals surface area contributed by atoms with Crippen molar-refractivity contribution in [2.75, 3.05) is 26.2 Å². The van der Waals surface area contributed by atoms with Crippen LogP contribution in [0.4, 0.5) is 4.79 Å². The van der Waals surface area contributed by atoms with Crippen molar-refractivity contribution in [3.8, 4) is 0 Å². The molecule has 1 aromatic rings. The Kier molecular flexibility index (Phi) is 4.29. The molecule has 2 amide bonds. The predicted octanol–water partition coefficient (Wildman–Crippen LogP) is 2.76. The van der Waals surface area contributed by atoms with Crippen molar-refractivity contribution in [1.82, 2.24) is 14.8 Å². The number of nitrogens with zero attached hydrogens (tertiary/aromatic N) is 3. The molecule has 3 rings (SSSR count). The highest BCUT2D eigenvalue weighted by atomic mass is 16.6. The first-order valence-electron chi connectivity index (χ1n) is 8.80. The third-order valence-electron chi connectivity index (χ3n) is 4.92. The van der Waals surface area contributed by atoms with E-state index >= 15 is 0 Å². The van der Waals surface area contributed by atoms with E-state index in [2.05, 4.69) is 4.98 Å². The van der Waals surface area contributed by atoms with Crippen molar-refractivity contribution < 1.29 is 18.7 Å². The summed E-state index contributed by atoms with van der Waals surface area (Å²) in [6.07, 6.45) is 1.55. The molecule has 0 unspecified atom stereocenters. The third kappa shape index (κ3) is 3.65. The normalized spacial score (nSPS) is 19.7. The van der Waals surface area contributed by atoms with Gasteiger partial charge in [-0.15, -0.1) is 0 Å². The van der Waals surface area contributed by atoms with Crippen LogP contribution in [-0.2, 0) is 4.74 Å². The Balaban J connectivity index is 1.52. The van der Waals surface area contributed by atoms with E-state index in [9.17, 15) is 9.59 Å². The van der Waals surface area contributed by atoms with Gasteiger partial charge in [0, 0.05) is 38.5 Å². The van der Waals surface area contributed by atoms with Crippen molar-refractivity contribution in [3.05, 3.63) is 17.3 Å². The first-order valence-corrected chi connectivity index (χ1v) is 8.80. The SMILES string of the molecule is Cc1nc(C(=O)N2CCC3(CC2)CN(C(=O)OC(C)(C)C)C3)c(C)o1. The molecule has 7 nitrogen and oxygen atoms in total. The zero-order valence-electron chi connectivity index (χ0n) is 15.7. The highest BCUT2D eigenvalue weighted by Crippen LogP contribution is 2.41. The van der Waals surface area contributed by atoms with E-state index in [1.165, 1.54) is 0 Å². The fourth-order valence-electron chi connectivity index (χ4n) is 3.60. The number of likely N-dealkylation sites (tertiary alicyclic amines) is 2. The fourth-order valence-corrected chi connectivity index (χ4v) is 3.60. The topological polar surface area (TPSA) is 75.9 Å². The fraction of sp³-hybridized carbons (Fsp3) is 0.722. The first-order chi connectivity index (χ1) is 11.6. The Labute approximate surface area is 148 Å². The average Bonchev–Trinajstić information content (AvgIpc) is 2.81. The minimum Gasteiger partial charge on any atom is -0.445 e. The summed E-state index contributed by atoms with van der Waals surface area (Å²) in [6, 6.07) is 0. The van der Waals surface area contributed by atoms with Crippen LogP contribution in [0.2, 0.25) is 0 Å². The van der Waals surface area contributed by atoms with E-state index in [0.29, 0.717) is 43.5 Å². The molecule has 2 aliphatic heterocycles. The minimum absolute atomic E-state index is 0.0625. The molecule has 25 heavy (non-hydrogen) atoms. The highest BCUT2D eigenvalue weighted by molar-refractivity contribution is 5.93. The van der Waals surface area contributed by atoms with Gasteiger partial charge in [-0.2, -0.15) is 0 Å². The van der Waals surface area contributed by atoms with Gasteiger partial charge in [0.1, 0.15) is 11.4 Å². The smallest absolute Gasteiger partial charge is 0.410 e. The number of ether oxygens (including phenoxy) is 1. The summed E-state index contributed by atoms with van der Waals surface area (Å²) in [5.74, 6) is 1.02. The van der Waals surface area contributed by atoms with E-state index in [1.807, 2.05) is 25.7 Å². The number of hydrogen-bond acceptors (Lipinski definition) is 5. The van der Waals surface area contributed by atoms with Crippen molar-refractivity contribution in [2.24, 2.45) is 5.41 Å². The van der Waals surface area contributed by atoms with Gasteiger partial charge in [0.2, 0.25) is 0 Å². The molecule has 0 bridgehead atoms. The van der Waals surface area contributed by atoms with Gasteiger partial charge >= 0.3 is 6.09 Å². The number of amides is 2. The minimum atomic E-state index is -0.469.